The number of rotatable bonds is 12. The molecule has 0 aromatic rings. The number of hydrogen-bond donors (Lipinski definition) is 13. The molecule has 2 aliphatic heterocycles. The van der Waals surface area contributed by atoms with Crippen molar-refractivity contribution in [3.63, 3.8) is 0 Å². The molecule has 2 fully saturated rings. The summed E-state index contributed by atoms with van der Waals surface area (Å²) in [6.07, 6.45) is -24.9. The summed E-state index contributed by atoms with van der Waals surface area (Å²) in [4.78, 5) is 0. The molecule has 35 heavy (non-hydrogen) atoms. The minimum absolute atomic E-state index is 0.773. The summed E-state index contributed by atoms with van der Waals surface area (Å²) in [5.74, 6) is -2.41. The quantitative estimate of drug-likeness (QED) is 0.106. The molecule has 0 saturated carbocycles. The van der Waals surface area contributed by atoms with Crippen LogP contribution >= 0.6 is 0 Å². The van der Waals surface area contributed by atoms with Gasteiger partial charge >= 0.3 is 0 Å². The number of hydrogen-bond acceptors (Lipinski definition) is 17. The van der Waals surface area contributed by atoms with Crippen LogP contribution in [0.2, 0.25) is 0 Å². The van der Waals surface area contributed by atoms with E-state index in [0.29, 0.717) is 0 Å². The second-order valence-corrected chi connectivity index (χ2v) is 8.32. The Bertz CT molecular complexity index is 642. The molecule has 2 saturated heterocycles. The Hall–Kier alpha value is -0.680. The highest BCUT2D eigenvalue weighted by Crippen LogP contribution is 2.36. The van der Waals surface area contributed by atoms with Gasteiger partial charge in [-0.1, -0.05) is 0 Å². The molecule has 2 rings (SSSR count). The molecule has 208 valence electrons. The van der Waals surface area contributed by atoms with Crippen LogP contribution in [0.3, 0.4) is 0 Å². The Morgan fingerprint density at radius 3 is 1.89 bits per heavy atom. The maximum absolute atomic E-state index is 10.2. The maximum atomic E-state index is 10.2. The lowest BCUT2D eigenvalue weighted by Gasteiger charge is -2.43. The van der Waals surface area contributed by atoms with Crippen LogP contribution in [-0.4, -0.2) is 178 Å². The highest BCUT2D eigenvalue weighted by atomic mass is 16.8. The van der Waals surface area contributed by atoms with Gasteiger partial charge in [-0.15, -0.1) is 0 Å². The van der Waals surface area contributed by atoms with E-state index in [1.54, 1.807) is 0 Å². The fourth-order valence-corrected chi connectivity index (χ4v) is 3.62. The zero-order chi connectivity index (χ0) is 26.7. The normalized spacial score (nSPS) is 42.4. The third-order valence-corrected chi connectivity index (χ3v) is 5.89. The summed E-state index contributed by atoms with van der Waals surface area (Å²) in [5.41, 5.74) is 0. The predicted molar refractivity (Wildman–Crippen MR) is 105 cm³/mol. The van der Waals surface area contributed by atoms with E-state index in [9.17, 15) is 61.3 Å². The minimum atomic E-state index is -2.41. The molecule has 14 atom stereocenters. The monoisotopic (exact) mass is 522 g/mol. The van der Waals surface area contributed by atoms with Gasteiger partial charge in [0.2, 0.25) is 5.79 Å². The van der Waals surface area contributed by atoms with Crippen molar-refractivity contribution in [1.82, 2.24) is 0 Å². The minimum Gasteiger partial charge on any atom is -0.394 e. The van der Waals surface area contributed by atoms with Gasteiger partial charge in [-0.3, -0.25) is 0 Å². The smallest absolute Gasteiger partial charge is 0.224 e. The van der Waals surface area contributed by atoms with Gasteiger partial charge in [0.15, 0.2) is 12.6 Å². The van der Waals surface area contributed by atoms with Crippen LogP contribution in [-0.2, 0) is 18.9 Å². The van der Waals surface area contributed by atoms with Gasteiger partial charge in [0.25, 0.3) is 0 Å². The van der Waals surface area contributed by atoms with E-state index in [1.165, 1.54) is 0 Å². The third kappa shape index (κ3) is 6.43. The average molecular weight is 522 g/mol. The van der Waals surface area contributed by atoms with Gasteiger partial charge < -0.3 is 85.3 Å². The van der Waals surface area contributed by atoms with Crippen molar-refractivity contribution >= 4 is 0 Å². The first-order chi connectivity index (χ1) is 16.3. The second kappa shape index (κ2) is 12.7. The Balaban J connectivity index is 2.06. The van der Waals surface area contributed by atoms with Crippen LogP contribution in [0.4, 0.5) is 0 Å². The van der Waals surface area contributed by atoms with Gasteiger partial charge in [0.1, 0.15) is 73.8 Å². The lowest BCUT2D eigenvalue weighted by molar-refractivity contribution is -0.386. The lowest BCUT2D eigenvalue weighted by atomic mass is 9.98. The third-order valence-electron chi connectivity index (χ3n) is 5.89. The molecule has 1 unspecified atom stereocenters. The molecule has 0 radical (unpaired) electrons. The van der Waals surface area contributed by atoms with Crippen LogP contribution in [0.1, 0.15) is 0 Å². The van der Waals surface area contributed by atoms with Crippen molar-refractivity contribution in [3.05, 3.63) is 0 Å². The van der Waals surface area contributed by atoms with Crippen LogP contribution < -0.4 is 0 Å². The molecule has 0 bridgehead atoms. The Kier molecular flexibility index (Phi) is 11.1. The number of aliphatic hydroxyl groups excluding tert-OH is 13. The van der Waals surface area contributed by atoms with E-state index in [1.807, 2.05) is 0 Å². The van der Waals surface area contributed by atoms with Crippen LogP contribution in [0.15, 0.2) is 0 Å². The van der Waals surface area contributed by atoms with Crippen molar-refractivity contribution in [1.29, 1.82) is 0 Å². The average Bonchev–Trinajstić information content (AvgIpc) is 3.10. The summed E-state index contributed by atoms with van der Waals surface area (Å²) in [6, 6.07) is 0. The highest BCUT2D eigenvalue weighted by molar-refractivity contribution is 4.98. The second-order valence-electron chi connectivity index (χ2n) is 8.32. The predicted octanol–water partition coefficient (Wildman–Crippen LogP) is -8.62. The molecule has 2 heterocycles. The lowest BCUT2D eigenvalue weighted by Crippen LogP contribution is -2.63. The van der Waals surface area contributed by atoms with Crippen molar-refractivity contribution in [2.24, 2.45) is 0 Å². The summed E-state index contributed by atoms with van der Waals surface area (Å²) in [6.45, 7) is -3.66. The Labute approximate surface area is 198 Å². The van der Waals surface area contributed by atoms with E-state index in [0.717, 1.165) is 0 Å². The largest absolute Gasteiger partial charge is 0.394 e. The van der Waals surface area contributed by atoms with E-state index >= 15 is 0 Å². The molecule has 13 N–H and O–H groups in total. The summed E-state index contributed by atoms with van der Waals surface area (Å²) in [7, 11) is 0. The van der Waals surface area contributed by atoms with Crippen LogP contribution in [0, 0.1) is 0 Å². The topological polar surface area (TPSA) is 300 Å². The summed E-state index contributed by atoms with van der Waals surface area (Å²) < 4.78 is 20.6. The molecule has 0 aromatic heterocycles. The Morgan fingerprint density at radius 2 is 1.37 bits per heavy atom. The molecule has 0 aromatic carbocycles. The van der Waals surface area contributed by atoms with E-state index < -0.39 is 112 Å². The first kappa shape index (κ1) is 30.5. The van der Waals surface area contributed by atoms with Crippen molar-refractivity contribution in [2.45, 2.75) is 85.5 Å². The Morgan fingerprint density at radius 1 is 0.743 bits per heavy atom. The number of aliphatic hydroxyl groups is 13. The molecular formula is C18H34O17. The van der Waals surface area contributed by atoms with Crippen LogP contribution in [0.5, 0.6) is 0 Å². The van der Waals surface area contributed by atoms with Crippen molar-refractivity contribution in [3.8, 4) is 0 Å². The zero-order valence-electron chi connectivity index (χ0n) is 18.3. The molecular weight excluding hydrogens is 488 g/mol. The fraction of sp³-hybridized carbons (Fsp3) is 1.00. The maximum Gasteiger partial charge on any atom is 0.224 e. The van der Waals surface area contributed by atoms with Gasteiger partial charge in [0.05, 0.1) is 19.8 Å². The first-order valence-corrected chi connectivity index (χ1v) is 10.6. The highest BCUT2D eigenvalue weighted by Gasteiger charge is 2.58. The zero-order valence-corrected chi connectivity index (χ0v) is 18.3. The molecule has 0 amide bonds. The van der Waals surface area contributed by atoms with Crippen molar-refractivity contribution < 1.29 is 85.3 Å². The SMILES string of the molecule is OC[C@@H](O)[C@@H](O)[C@H](O)[C@H](O)C(O)OC[C@H]1O[C@H](O[C@]2(CO)O[C@H](CO)[C@@H](O)[C@@H]2O)[C@H](O)[C@@H](O)[C@@H]1O. The summed E-state index contributed by atoms with van der Waals surface area (Å²) >= 11 is 0. The fourth-order valence-electron chi connectivity index (χ4n) is 3.62. The van der Waals surface area contributed by atoms with Gasteiger partial charge in [-0.05, 0) is 0 Å². The number of ether oxygens (including phenoxy) is 4. The van der Waals surface area contributed by atoms with E-state index in [-0.39, 0.29) is 0 Å². The standard InChI is InChI=1S/C18H34O17/c19-1-5(22)8(23)11(26)13(28)16(31)32-3-7-9(24)12(27)14(29)17(33-7)35-18(4-21)15(30)10(25)6(2-20)34-18/h5-17,19-31H,1-4H2/t5-,6-,7-,8-,9-,10-,11+,12+,13+,14-,15+,16?,17-,18+/m1/s1. The molecule has 0 aliphatic carbocycles. The first-order valence-electron chi connectivity index (χ1n) is 10.6. The molecule has 0 spiro atoms. The molecule has 17 heteroatoms. The van der Waals surface area contributed by atoms with Gasteiger partial charge in [0, 0.05) is 0 Å². The van der Waals surface area contributed by atoms with Gasteiger partial charge in [-0.2, -0.15) is 0 Å². The van der Waals surface area contributed by atoms with Crippen molar-refractivity contribution in [2.75, 3.05) is 26.4 Å². The summed E-state index contributed by atoms with van der Waals surface area (Å²) in [5, 5.41) is 127. The van der Waals surface area contributed by atoms with Gasteiger partial charge in [-0.25, -0.2) is 0 Å². The van der Waals surface area contributed by atoms with E-state index in [4.69, 9.17) is 24.1 Å². The van der Waals surface area contributed by atoms with Crippen LogP contribution in [0.25, 0.3) is 0 Å². The molecule has 2 aliphatic rings. The molecule has 17 nitrogen and oxygen atoms in total. The van der Waals surface area contributed by atoms with E-state index in [2.05, 4.69) is 0 Å².